The molecule has 0 bridgehead atoms. The Hall–Kier alpha value is -1.25. The maximum Gasteiger partial charge on any atom is 0.0360 e. The minimum Gasteiger partial charge on any atom is -0.310 e. The molecule has 1 unspecified atom stereocenters. The molecule has 0 aliphatic heterocycles. The molecule has 0 spiro atoms. The first-order chi connectivity index (χ1) is 10.1. The Morgan fingerprint density at radius 3 is 2.29 bits per heavy atom. The highest BCUT2D eigenvalue weighted by molar-refractivity contribution is 7.98. The van der Waals surface area contributed by atoms with E-state index in [0.717, 1.165) is 13.0 Å². The van der Waals surface area contributed by atoms with Gasteiger partial charge in [-0.25, -0.2) is 0 Å². The summed E-state index contributed by atoms with van der Waals surface area (Å²) in [5.74, 6) is 0. The highest BCUT2D eigenvalue weighted by Gasteiger charge is 2.11. The van der Waals surface area contributed by atoms with Gasteiger partial charge in [-0.3, -0.25) is 0 Å². The van der Waals surface area contributed by atoms with Crippen LogP contribution in [0.4, 0.5) is 0 Å². The predicted molar refractivity (Wildman–Crippen MR) is 94.3 cm³/mol. The van der Waals surface area contributed by atoms with Crippen LogP contribution in [0, 0.1) is 13.8 Å². The van der Waals surface area contributed by atoms with Gasteiger partial charge in [0.25, 0.3) is 0 Å². The zero-order valence-corrected chi connectivity index (χ0v) is 14.3. The fourth-order valence-corrected chi connectivity index (χ4v) is 2.96. The smallest absolute Gasteiger partial charge is 0.0360 e. The molecular weight excluding hydrogens is 274 g/mol. The molecule has 1 atom stereocenters. The third-order valence-electron chi connectivity index (χ3n) is 3.98. The van der Waals surface area contributed by atoms with Crippen LogP contribution >= 0.6 is 11.8 Å². The Morgan fingerprint density at radius 2 is 1.71 bits per heavy atom. The number of aryl methyl sites for hydroxylation is 2. The van der Waals surface area contributed by atoms with Crippen molar-refractivity contribution in [3.05, 3.63) is 64.7 Å². The number of hydrogen-bond donors (Lipinski definition) is 1. The normalized spacial score (nSPS) is 12.4. The molecule has 0 saturated carbocycles. The molecule has 0 aliphatic rings. The molecule has 2 aromatic carbocycles. The summed E-state index contributed by atoms with van der Waals surface area (Å²) >= 11 is 1.79. The van der Waals surface area contributed by atoms with E-state index in [1.54, 1.807) is 11.8 Å². The fourth-order valence-electron chi connectivity index (χ4n) is 2.56. The van der Waals surface area contributed by atoms with E-state index in [1.165, 1.54) is 27.1 Å². The summed E-state index contributed by atoms with van der Waals surface area (Å²) in [5.41, 5.74) is 5.51. The van der Waals surface area contributed by atoms with E-state index in [9.17, 15) is 0 Å². The molecule has 2 aromatic rings. The summed E-state index contributed by atoms with van der Waals surface area (Å²) in [5, 5.41) is 3.61. The summed E-state index contributed by atoms with van der Waals surface area (Å²) in [6.07, 6.45) is 3.15. The Labute approximate surface area is 133 Å². The first-order valence-corrected chi connectivity index (χ1v) is 8.80. The van der Waals surface area contributed by atoms with Crippen LogP contribution in [0.5, 0.6) is 0 Å². The number of hydrogen-bond acceptors (Lipinski definition) is 2. The first kappa shape index (κ1) is 16.1. The van der Waals surface area contributed by atoms with Gasteiger partial charge in [-0.2, -0.15) is 0 Å². The number of nitrogens with one attached hydrogen (secondary N) is 1. The molecule has 0 amide bonds. The number of thioether (sulfide) groups is 1. The van der Waals surface area contributed by atoms with Crippen LogP contribution in [-0.2, 0) is 6.42 Å². The molecule has 0 radical (unpaired) electrons. The van der Waals surface area contributed by atoms with Crippen molar-refractivity contribution in [2.75, 3.05) is 12.8 Å². The molecule has 21 heavy (non-hydrogen) atoms. The lowest BCUT2D eigenvalue weighted by atomic mass is 9.96. The highest BCUT2D eigenvalue weighted by Crippen LogP contribution is 2.23. The van der Waals surface area contributed by atoms with Crippen LogP contribution in [0.1, 0.15) is 35.2 Å². The molecule has 1 N–H and O–H groups in total. The monoisotopic (exact) mass is 299 g/mol. The lowest BCUT2D eigenvalue weighted by Gasteiger charge is -2.19. The molecule has 2 rings (SSSR count). The zero-order chi connectivity index (χ0) is 15.2. The largest absolute Gasteiger partial charge is 0.310 e. The lowest BCUT2D eigenvalue weighted by Crippen LogP contribution is -2.23. The van der Waals surface area contributed by atoms with E-state index in [0.29, 0.717) is 6.04 Å². The van der Waals surface area contributed by atoms with Gasteiger partial charge in [-0.1, -0.05) is 37.3 Å². The van der Waals surface area contributed by atoms with Crippen LogP contribution in [0.25, 0.3) is 0 Å². The molecular formula is C19H25NS. The van der Waals surface area contributed by atoms with Crippen molar-refractivity contribution in [1.82, 2.24) is 5.32 Å². The SMILES string of the molecule is CCNC(Cc1ccc(C)c(C)c1)c1ccc(SC)cc1. The van der Waals surface area contributed by atoms with Crippen LogP contribution in [-0.4, -0.2) is 12.8 Å². The number of benzene rings is 2. The standard InChI is InChI=1S/C19H25NS/c1-5-20-19(17-8-10-18(21-4)11-9-17)13-16-7-6-14(2)15(3)12-16/h6-12,19-20H,5,13H2,1-4H3. The van der Waals surface area contributed by atoms with Crippen molar-refractivity contribution in [1.29, 1.82) is 0 Å². The first-order valence-electron chi connectivity index (χ1n) is 7.57. The van der Waals surface area contributed by atoms with Crippen molar-refractivity contribution < 1.29 is 0 Å². The summed E-state index contributed by atoms with van der Waals surface area (Å²) in [6.45, 7) is 7.51. The Kier molecular flexibility index (Phi) is 5.89. The summed E-state index contributed by atoms with van der Waals surface area (Å²) in [4.78, 5) is 1.32. The fraction of sp³-hybridized carbons (Fsp3) is 0.368. The van der Waals surface area contributed by atoms with Gasteiger partial charge >= 0.3 is 0 Å². The molecule has 1 nitrogen and oxygen atoms in total. The molecule has 0 aliphatic carbocycles. The maximum absolute atomic E-state index is 3.61. The van der Waals surface area contributed by atoms with E-state index in [4.69, 9.17) is 0 Å². The van der Waals surface area contributed by atoms with Crippen LogP contribution in [0.15, 0.2) is 47.4 Å². The minimum atomic E-state index is 0.382. The van der Waals surface area contributed by atoms with Gasteiger partial charge in [-0.05, 0) is 67.5 Å². The Balaban J connectivity index is 2.19. The molecule has 0 aromatic heterocycles. The van der Waals surface area contributed by atoms with E-state index in [1.807, 2.05) is 0 Å². The van der Waals surface area contributed by atoms with Crippen molar-refractivity contribution in [3.8, 4) is 0 Å². The second kappa shape index (κ2) is 7.67. The van der Waals surface area contributed by atoms with E-state index >= 15 is 0 Å². The van der Waals surface area contributed by atoms with E-state index in [2.05, 4.69) is 74.8 Å². The molecule has 112 valence electrons. The van der Waals surface area contributed by atoms with Crippen LogP contribution < -0.4 is 5.32 Å². The third kappa shape index (κ3) is 4.36. The van der Waals surface area contributed by atoms with Crippen LogP contribution in [0.2, 0.25) is 0 Å². The van der Waals surface area contributed by atoms with E-state index < -0.39 is 0 Å². The minimum absolute atomic E-state index is 0.382. The van der Waals surface area contributed by atoms with Gasteiger partial charge in [0.2, 0.25) is 0 Å². The van der Waals surface area contributed by atoms with Gasteiger partial charge in [-0.15, -0.1) is 11.8 Å². The van der Waals surface area contributed by atoms with Crippen molar-refractivity contribution in [2.24, 2.45) is 0 Å². The van der Waals surface area contributed by atoms with Crippen molar-refractivity contribution in [2.45, 2.75) is 38.1 Å². The van der Waals surface area contributed by atoms with Gasteiger partial charge in [0, 0.05) is 10.9 Å². The van der Waals surface area contributed by atoms with Gasteiger partial charge in [0.1, 0.15) is 0 Å². The summed E-state index contributed by atoms with van der Waals surface area (Å²) in [7, 11) is 0. The number of rotatable bonds is 6. The average Bonchev–Trinajstić information content (AvgIpc) is 2.50. The predicted octanol–water partition coefficient (Wildman–Crippen LogP) is 4.92. The Bertz CT molecular complexity index is 575. The maximum atomic E-state index is 3.61. The van der Waals surface area contributed by atoms with Crippen molar-refractivity contribution >= 4 is 11.8 Å². The summed E-state index contributed by atoms with van der Waals surface area (Å²) in [6, 6.07) is 16.1. The second-order valence-electron chi connectivity index (χ2n) is 5.51. The molecule has 0 saturated heterocycles. The zero-order valence-electron chi connectivity index (χ0n) is 13.4. The Morgan fingerprint density at radius 1 is 1.00 bits per heavy atom. The average molecular weight is 299 g/mol. The highest BCUT2D eigenvalue weighted by atomic mass is 32.2. The number of likely N-dealkylation sites (N-methyl/N-ethyl adjacent to an activating group) is 1. The topological polar surface area (TPSA) is 12.0 Å². The molecule has 0 fully saturated rings. The third-order valence-corrected chi connectivity index (χ3v) is 4.72. The van der Waals surface area contributed by atoms with Crippen molar-refractivity contribution in [3.63, 3.8) is 0 Å². The van der Waals surface area contributed by atoms with Gasteiger partial charge < -0.3 is 5.32 Å². The second-order valence-corrected chi connectivity index (χ2v) is 6.39. The quantitative estimate of drug-likeness (QED) is 0.760. The lowest BCUT2D eigenvalue weighted by molar-refractivity contribution is 0.549. The molecule has 2 heteroatoms. The molecule has 0 heterocycles. The van der Waals surface area contributed by atoms with E-state index in [-0.39, 0.29) is 0 Å². The van der Waals surface area contributed by atoms with Gasteiger partial charge in [0.05, 0.1) is 0 Å². The summed E-state index contributed by atoms with van der Waals surface area (Å²) < 4.78 is 0. The van der Waals surface area contributed by atoms with Gasteiger partial charge in [0.15, 0.2) is 0 Å². The van der Waals surface area contributed by atoms with Crippen LogP contribution in [0.3, 0.4) is 0 Å².